The average Bonchev–Trinajstić information content (AvgIpc) is 2.35. The molecule has 0 N–H and O–H groups in total. The fourth-order valence-electron chi connectivity index (χ4n) is 1.89. The minimum Gasteiger partial charge on any atom is -0.192 e. The largest absolute Gasteiger partial charge is 0.417 e. The van der Waals surface area contributed by atoms with E-state index in [0.29, 0.717) is 0 Å². The Bertz CT molecular complexity index is 682. The van der Waals surface area contributed by atoms with Crippen molar-refractivity contribution in [1.82, 2.24) is 0 Å². The number of halogens is 5. The van der Waals surface area contributed by atoms with E-state index in [4.69, 9.17) is 28.5 Å². The Morgan fingerprint density at radius 3 is 2.10 bits per heavy atom. The minimum atomic E-state index is -4.57. The summed E-state index contributed by atoms with van der Waals surface area (Å²) in [6.07, 6.45) is -4.57. The number of hydrogen-bond donors (Lipinski definition) is 0. The van der Waals surface area contributed by atoms with Crippen LogP contribution < -0.4 is 0 Å². The van der Waals surface area contributed by atoms with Gasteiger partial charge in [-0.2, -0.15) is 18.4 Å². The summed E-state index contributed by atoms with van der Waals surface area (Å²) in [6.45, 7) is 0. The Hall–Kier alpha value is -1.70. The number of rotatable bonds is 1. The van der Waals surface area contributed by atoms with E-state index in [0.717, 1.165) is 6.07 Å². The van der Waals surface area contributed by atoms with E-state index in [-0.39, 0.29) is 26.7 Å². The number of nitriles is 1. The van der Waals surface area contributed by atoms with Gasteiger partial charge in [-0.15, -0.1) is 0 Å². The van der Waals surface area contributed by atoms with Crippen LogP contribution >= 0.6 is 23.2 Å². The van der Waals surface area contributed by atoms with Gasteiger partial charge in [0.1, 0.15) is 0 Å². The van der Waals surface area contributed by atoms with Crippen LogP contribution in [0.25, 0.3) is 11.1 Å². The Morgan fingerprint density at radius 2 is 1.60 bits per heavy atom. The second kappa shape index (κ2) is 5.35. The zero-order valence-electron chi connectivity index (χ0n) is 9.80. The Morgan fingerprint density at radius 1 is 1.00 bits per heavy atom. The highest BCUT2D eigenvalue weighted by atomic mass is 35.5. The van der Waals surface area contributed by atoms with Crippen molar-refractivity contribution in [2.45, 2.75) is 6.18 Å². The summed E-state index contributed by atoms with van der Waals surface area (Å²) in [4.78, 5) is 0. The van der Waals surface area contributed by atoms with Gasteiger partial charge in [0.05, 0.1) is 17.2 Å². The quantitative estimate of drug-likeness (QED) is 0.676. The molecule has 0 radical (unpaired) electrons. The molecule has 102 valence electrons. The monoisotopic (exact) mass is 315 g/mol. The summed E-state index contributed by atoms with van der Waals surface area (Å²) in [6, 6.07) is 9.29. The van der Waals surface area contributed by atoms with Gasteiger partial charge in [-0.25, -0.2) is 0 Å². The molecule has 2 aromatic rings. The fraction of sp³-hybridized carbons (Fsp3) is 0.0714. The first-order chi connectivity index (χ1) is 9.32. The summed E-state index contributed by atoms with van der Waals surface area (Å²) < 4.78 is 39.2. The van der Waals surface area contributed by atoms with E-state index < -0.39 is 11.7 Å². The highest BCUT2D eigenvalue weighted by molar-refractivity contribution is 6.35. The molecule has 20 heavy (non-hydrogen) atoms. The van der Waals surface area contributed by atoms with Crippen LogP contribution in [-0.4, -0.2) is 0 Å². The lowest BCUT2D eigenvalue weighted by molar-refractivity contribution is -0.137. The summed E-state index contributed by atoms with van der Waals surface area (Å²) in [5, 5.41) is 9.43. The number of benzene rings is 2. The summed E-state index contributed by atoms with van der Waals surface area (Å²) in [5.74, 6) is 0. The molecule has 0 saturated carbocycles. The van der Waals surface area contributed by atoms with Gasteiger partial charge in [0.15, 0.2) is 0 Å². The number of hydrogen-bond acceptors (Lipinski definition) is 1. The van der Waals surface area contributed by atoms with Gasteiger partial charge in [0.25, 0.3) is 0 Å². The highest BCUT2D eigenvalue weighted by Gasteiger charge is 2.34. The van der Waals surface area contributed by atoms with Crippen LogP contribution in [0.1, 0.15) is 11.1 Å². The zero-order valence-corrected chi connectivity index (χ0v) is 11.3. The molecule has 0 aliphatic heterocycles. The molecule has 0 atom stereocenters. The van der Waals surface area contributed by atoms with Crippen LogP contribution in [-0.2, 0) is 6.18 Å². The molecule has 0 saturated heterocycles. The van der Waals surface area contributed by atoms with Gasteiger partial charge < -0.3 is 0 Å². The van der Waals surface area contributed by atoms with Crippen molar-refractivity contribution in [3.8, 4) is 17.2 Å². The average molecular weight is 316 g/mol. The van der Waals surface area contributed by atoms with Gasteiger partial charge in [-0.3, -0.25) is 0 Å². The smallest absolute Gasteiger partial charge is 0.192 e. The van der Waals surface area contributed by atoms with Crippen LogP contribution in [0.3, 0.4) is 0 Å². The maximum absolute atomic E-state index is 13.1. The Kier molecular flexibility index (Phi) is 3.94. The molecule has 0 aliphatic carbocycles. The fourth-order valence-corrected chi connectivity index (χ4v) is 2.42. The van der Waals surface area contributed by atoms with Crippen LogP contribution in [0.2, 0.25) is 10.0 Å². The van der Waals surface area contributed by atoms with E-state index in [2.05, 4.69) is 0 Å². The molecule has 0 aliphatic rings. The molecule has 0 heterocycles. The van der Waals surface area contributed by atoms with Crippen molar-refractivity contribution in [1.29, 1.82) is 5.26 Å². The second-order valence-corrected chi connectivity index (χ2v) is 4.87. The molecule has 0 unspecified atom stereocenters. The lowest BCUT2D eigenvalue weighted by atomic mass is 9.94. The van der Waals surface area contributed by atoms with Gasteiger partial charge in [0, 0.05) is 15.6 Å². The molecule has 1 nitrogen and oxygen atoms in total. The Labute approximate surface area is 123 Å². The molecule has 6 heteroatoms. The van der Waals surface area contributed by atoms with E-state index in [9.17, 15) is 13.2 Å². The van der Waals surface area contributed by atoms with E-state index in [1.54, 1.807) is 6.07 Å². The lowest BCUT2D eigenvalue weighted by Gasteiger charge is -2.14. The minimum absolute atomic E-state index is 0.0850. The van der Waals surface area contributed by atoms with Gasteiger partial charge >= 0.3 is 6.18 Å². The SMILES string of the molecule is N#Cc1cccc(C(F)(F)F)c1-c1cc(Cl)cc(Cl)c1. The van der Waals surface area contributed by atoms with Gasteiger partial charge in [-0.05, 0) is 35.9 Å². The summed E-state index contributed by atoms with van der Waals surface area (Å²) >= 11 is 11.6. The maximum Gasteiger partial charge on any atom is 0.417 e. The summed E-state index contributed by atoms with van der Waals surface area (Å²) in [7, 11) is 0. The van der Waals surface area contributed by atoms with Crippen LogP contribution in [0.5, 0.6) is 0 Å². The van der Waals surface area contributed by atoms with Crippen molar-refractivity contribution in [2.75, 3.05) is 0 Å². The van der Waals surface area contributed by atoms with Crippen molar-refractivity contribution in [3.05, 3.63) is 57.6 Å². The predicted molar refractivity (Wildman–Crippen MR) is 71.6 cm³/mol. The molecule has 0 aromatic heterocycles. The second-order valence-electron chi connectivity index (χ2n) is 4.00. The van der Waals surface area contributed by atoms with Crippen molar-refractivity contribution in [3.63, 3.8) is 0 Å². The van der Waals surface area contributed by atoms with Crippen molar-refractivity contribution >= 4 is 23.2 Å². The highest BCUT2D eigenvalue weighted by Crippen LogP contribution is 2.40. The van der Waals surface area contributed by atoms with Crippen molar-refractivity contribution < 1.29 is 13.2 Å². The van der Waals surface area contributed by atoms with Gasteiger partial charge in [0.2, 0.25) is 0 Å². The molecule has 0 bridgehead atoms. The lowest BCUT2D eigenvalue weighted by Crippen LogP contribution is -2.08. The maximum atomic E-state index is 13.1. The first kappa shape index (κ1) is 14.7. The molecule has 2 rings (SSSR count). The van der Waals surface area contributed by atoms with E-state index >= 15 is 0 Å². The third-order valence-electron chi connectivity index (χ3n) is 2.64. The topological polar surface area (TPSA) is 23.8 Å². The third kappa shape index (κ3) is 2.90. The summed E-state index contributed by atoms with van der Waals surface area (Å²) in [5.41, 5.74) is -1.04. The van der Waals surface area contributed by atoms with Crippen LogP contribution in [0, 0.1) is 11.3 Å². The van der Waals surface area contributed by atoms with Crippen LogP contribution in [0.15, 0.2) is 36.4 Å². The molecular weight excluding hydrogens is 310 g/mol. The number of alkyl halides is 3. The van der Waals surface area contributed by atoms with E-state index in [1.165, 1.54) is 30.3 Å². The molecule has 0 fully saturated rings. The first-order valence-electron chi connectivity index (χ1n) is 5.39. The number of nitrogens with zero attached hydrogens (tertiary/aromatic N) is 1. The molecule has 0 spiro atoms. The molecule has 0 amide bonds. The third-order valence-corrected chi connectivity index (χ3v) is 3.08. The molecular formula is C14H6Cl2F3N. The Balaban J connectivity index is 2.81. The zero-order chi connectivity index (χ0) is 14.9. The normalized spacial score (nSPS) is 11.2. The van der Waals surface area contributed by atoms with Gasteiger partial charge in [-0.1, -0.05) is 29.3 Å². The first-order valence-corrected chi connectivity index (χ1v) is 6.15. The van der Waals surface area contributed by atoms with Crippen LogP contribution in [0.4, 0.5) is 13.2 Å². The van der Waals surface area contributed by atoms with Crippen molar-refractivity contribution in [2.24, 2.45) is 0 Å². The predicted octanol–water partition coefficient (Wildman–Crippen LogP) is 5.55. The van der Waals surface area contributed by atoms with E-state index in [1.807, 2.05) is 0 Å². The molecule has 2 aromatic carbocycles. The standard InChI is InChI=1S/C14H6Cl2F3N/c15-10-4-9(5-11(16)6-10)13-8(7-20)2-1-3-12(13)14(17,18)19/h1-6H.